The molecule has 8 heteroatoms. The van der Waals surface area contributed by atoms with Gasteiger partial charge in [0.15, 0.2) is 0 Å². The maximum absolute atomic E-state index is 14.1. The van der Waals surface area contributed by atoms with Gasteiger partial charge in [-0.25, -0.2) is 8.78 Å². The fourth-order valence-electron chi connectivity index (χ4n) is 2.98. The minimum atomic E-state index is -1.25. The molecule has 1 aromatic heterocycles. The quantitative estimate of drug-likeness (QED) is 0.605. The third kappa shape index (κ3) is 5.39. The zero-order chi connectivity index (χ0) is 21.7. The number of aliphatic carboxylic acids is 1. The van der Waals surface area contributed by atoms with E-state index in [1.54, 1.807) is 12.1 Å². The highest BCUT2D eigenvalue weighted by molar-refractivity contribution is 6.31. The van der Waals surface area contributed by atoms with Crippen LogP contribution < -0.4 is 0 Å². The Balaban J connectivity index is 1.86. The Bertz CT molecular complexity index is 1070. The van der Waals surface area contributed by atoms with Crippen molar-refractivity contribution >= 4 is 23.5 Å². The molecule has 3 rings (SSSR count). The van der Waals surface area contributed by atoms with Crippen molar-refractivity contribution in [2.75, 3.05) is 6.54 Å². The molecular formula is C22H17ClF2N2O3. The van der Waals surface area contributed by atoms with Gasteiger partial charge in [-0.15, -0.1) is 0 Å². The molecule has 154 valence electrons. The Morgan fingerprint density at radius 1 is 1.07 bits per heavy atom. The number of carboxylic acid groups (broad SMARTS) is 1. The number of rotatable bonds is 7. The maximum atomic E-state index is 14.1. The van der Waals surface area contributed by atoms with Crippen LogP contribution in [0.3, 0.4) is 0 Å². The van der Waals surface area contributed by atoms with Crippen LogP contribution in [0.5, 0.6) is 0 Å². The number of benzene rings is 2. The van der Waals surface area contributed by atoms with Crippen LogP contribution in [-0.4, -0.2) is 33.4 Å². The Labute approximate surface area is 176 Å². The van der Waals surface area contributed by atoms with Gasteiger partial charge in [-0.2, -0.15) is 0 Å². The smallest absolute Gasteiger partial charge is 0.323 e. The molecule has 0 saturated carbocycles. The van der Waals surface area contributed by atoms with Crippen LogP contribution in [0.2, 0.25) is 5.02 Å². The molecule has 0 atom stereocenters. The first-order valence-electron chi connectivity index (χ1n) is 8.97. The number of aromatic nitrogens is 1. The number of carboxylic acids is 1. The van der Waals surface area contributed by atoms with E-state index in [2.05, 4.69) is 4.98 Å². The topological polar surface area (TPSA) is 70.5 Å². The van der Waals surface area contributed by atoms with E-state index in [-0.39, 0.29) is 34.9 Å². The molecule has 3 aromatic rings. The van der Waals surface area contributed by atoms with E-state index in [1.807, 2.05) is 0 Å². The summed E-state index contributed by atoms with van der Waals surface area (Å²) < 4.78 is 27.5. The van der Waals surface area contributed by atoms with Gasteiger partial charge in [-0.05, 0) is 42.0 Å². The lowest BCUT2D eigenvalue weighted by Gasteiger charge is -2.22. The molecule has 1 N–H and O–H groups in total. The molecule has 2 aromatic carbocycles. The Morgan fingerprint density at radius 3 is 2.53 bits per heavy atom. The van der Waals surface area contributed by atoms with Crippen molar-refractivity contribution in [1.29, 1.82) is 0 Å². The van der Waals surface area contributed by atoms with Crippen molar-refractivity contribution in [1.82, 2.24) is 9.88 Å². The summed E-state index contributed by atoms with van der Waals surface area (Å²) in [6.45, 7) is -0.941. The Morgan fingerprint density at radius 2 is 1.83 bits per heavy atom. The maximum Gasteiger partial charge on any atom is 0.323 e. The van der Waals surface area contributed by atoms with Crippen LogP contribution in [0.1, 0.15) is 27.2 Å². The van der Waals surface area contributed by atoms with E-state index in [4.69, 9.17) is 11.6 Å². The first kappa shape index (κ1) is 21.4. The van der Waals surface area contributed by atoms with Gasteiger partial charge < -0.3 is 10.0 Å². The molecule has 1 heterocycles. The van der Waals surface area contributed by atoms with Crippen molar-refractivity contribution in [3.63, 3.8) is 0 Å². The zero-order valence-electron chi connectivity index (χ0n) is 15.7. The van der Waals surface area contributed by atoms with Crippen LogP contribution in [-0.2, 0) is 17.8 Å². The van der Waals surface area contributed by atoms with E-state index in [0.717, 1.165) is 4.90 Å². The first-order chi connectivity index (χ1) is 14.3. The van der Waals surface area contributed by atoms with Gasteiger partial charge in [0.1, 0.15) is 18.2 Å². The number of pyridine rings is 1. The summed E-state index contributed by atoms with van der Waals surface area (Å²) in [6.07, 6.45) is 1.70. The average molecular weight is 431 g/mol. The Hall–Kier alpha value is -3.32. The highest BCUT2D eigenvalue weighted by Crippen LogP contribution is 2.22. The number of hydrogen-bond acceptors (Lipinski definition) is 3. The summed E-state index contributed by atoms with van der Waals surface area (Å²) in [6, 6.07) is 13.0. The fraction of sp³-hybridized carbons (Fsp3) is 0.136. The van der Waals surface area contributed by atoms with Gasteiger partial charge in [0.25, 0.3) is 5.91 Å². The molecule has 0 radical (unpaired) electrons. The fourth-order valence-corrected chi connectivity index (χ4v) is 3.21. The van der Waals surface area contributed by atoms with Crippen LogP contribution in [0.15, 0.2) is 60.8 Å². The number of hydrogen-bond donors (Lipinski definition) is 1. The molecule has 5 nitrogen and oxygen atoms in total. The van der Waals surface area contributed by atoms with E-state index in [9.17, 15) is 23.5 Å². The minimum Gasteiger partial charge on any atom is -0.480 e. The molecule has 0 saturated heterocycles. The second-order valence-electron chi connectivity index (χ2n) is 6.60. The average Bonchev–Trinajstić information content (AvgIpc) is 2.69. The lowest BCUT2D eigenvalue weighted by atomic mass is 10.1. The van der Waals surface area contributed by atoms with Crippen LogP contribution in [0.25, 0.3) is 0 Å². The van der Waals surface area contributed by atoms with E-state index in [0.29, 0.717) is 11.3 Å². The van der Waals surface area contributed by atoms with Crippen LogP contribution in [0, 0.1) is 11.6 Å². The molecule has 0 bridgehead atoms. The van der Waals surface area contributed by atoms with Gasteiger partial charge in [0, 0.05) is 34.5 Å². The number of nitrogens with zero attached hydrogens (tertiary/aromatic N) is 2. The molecule has 0 aliphatic heterocycles. The molecule has 0 aliphatic rings. The molecule has 0 unspecified atom stereocenters. The molecular weight excluding hydrogens is 414 g/mol. The number of amides is 1. The van der Waals surface area contributed by atoms with Crippen molar-refractivity contribution in [2.45, 2.75) is 13.0 Å². The summed E-state index contributed by atoms with van der Waals surface area (Å²) in [5.41, 5.74) is 1.39. The lowest BCUT2D eigenvalue weighted by molar-refractivity contribution is -0.137. The lowest BCUT2D eigenvalue weighted by Crippen LogP contribution is -2.35. The SMILES string of the molecule is O=C(O)CN(Cc1c(F)cccc1Cl)C(=O)c1ccnc(Cc2cccc(F)c2)c1. The standard InChI is InChI=1S/C22H17ClF2N2O3/c23-19-5-2-6-20(25)18(19)12-27(13-21(28)29)22(30)15-7-8-26-17(11-15)10-14-3-1-4-16(24)9-14/h1-9,11H,10,12-13H2,(H,28,29). The molecule has 0 fully saturated rings. The first-order valence-corrected chi connectivity index (χ1v) is 9.34. The summed E-state index contributed by atoms with van der Waals surface area (Å²) in [5, 5.41) is 9.30. The van der Waals surface area contributed by atoms with Crippen molar-refractivity contribution in [3.05, 3.63) is 99.8 Å². The van der Waals surface area contributed by atoms with Crippen LogP contribution in [0.4, 0.5) is 8.78 Å². The highest BCUT2D eigenvalue weighted by atomic mass is 35.5. The van der Waals surface area contributed by atoms with Crippen LogP contribution >= 0.6 is 11.6 Å². The summed E-state index contributed by atoms with van der Waals surface area (Å²) in [4.78, 5) is 29.4. The normalized spacial score (nSPS) is 10.6. The Kier molecular flexibility index (Phi) is 6.74. The predicted molar refractivity (Wildman–Crippen MR) is 107 cm³/mol. The number of carbonyl (C=O) groups excluding carboxylic acids is 1. The van der Waals surface area contributed by atoms with Gasteiger partial charge in [-0.3, -0.25) is 14.6 Å². The van der Waals surface area contributed by atoms with E-state index in [1.165, 1.54) is 48.7 Å². The highest BCUT2D eigenvalue weighted by Gasteiger charge is 2.22. The van der Waals surface area contributed by atoms with E-state index < -0.39 is 24.2 Å². The molecule has 0 aliphatic carbocycles. The summed E-state index contributed by atoms with van der Waals surface area (Å²) >= 11 is 6.02. The zero-order valence-corrected chi connectivity index (χ0v) is 16.4. The molecule has 1 amide bonds. The second-order valence-corrected chi connectivity index (χ2v) is 7.00. The second kappa shape index (κ2) is 9.45. The number of carbonyl (C=O) groups is 2. The monoisotopic (exact) mass is 430 g/mol. The van der Waals surface area contributed by atoms with Gasteiger partial charge in [0.2, 0.25) is 0 Å². The number of halogens is 3. The van der Waals surface area contributed by atoms with Crippen molar-refractivity contribution in [3.8, 4) is 0 Å². The summed E-state index contributed by atoms with van der Waals surface area (Å²) in [5.74, 6) is -2.87. The minimum absolute atomic E-state index is 0.0304. The largest absolute Gasteiger partial charge is 0.480 e. The third-order valence-corrected chi connectivity index (χ3v) is 4.72. The van der Waals surface area contributed by atoms with Gasteiger partial charge in [0.05, 0.1) is 6.54 Å². The van der Waals surface area contributed by atoms with Crippen molar-refractivity contribution in [2.24, 2.45) is 0 Å². The molecule has 30 heavy (non-hydrogen) atoms. The van der Waals surface area contributed by atoms with Crippen molar-refractivity contribution < 1.29 is 23.5 Å². The predicted octanol–water partition coefficient (Wildman–Crippen LogP) is 4.33. The van der Waals surface area contributed by atoms with Gasteiger partial charge >= 0.3 is 5.97 Å². The summed E-state index contributed by atoms with van der Waals surface area (Å²) in [7, 11) is 0. The van der Waals surface area contributed by atoms with E-state index >= 15 is 0 Å². The molecule has 0 spiro atoms. The third-order valence-electron chi connectivity index (χ3n) is 4.36. The van der Waals surface area contributed by atoms with Gasteiger partial charge in [-0.1, -0.05) is 29.8 Å².